The number of hydrazone groups is 1. The molecule has 0 bridgehead atoms. The van der Waals surface area contributed by atoms with Crippen LogP contribution >= 0.6 is 0 Å². The topological polar surface area (TPSA) is 72.0 Å². The fourth-order valence-electron chi connectivity index (χ4n) is 1.09. The number of halogens is 5. The Kier molecular flexibility index (Phi) is 4.02. The molecule has 0 aliphatic rings. The van der Waals surface area contributed by atoms with Crippen LogP contribution in [-0.2, 0) is 6.18 Å². The number of hydrogen-bond donors (Lipinski definition) is 1. The maximum atomic E-state index is 13.4. The third-order valence-corrected chi connectivity index (χ3v) is 1.87. The number of nitriles is 2. The van der Waals surface area contributed by atoms with Crippen molar-refractivity contribution in [1.29, 1.82) is 10.5 Å². The van der Waals surface area contributed by atoms with Crippen LogP contribution in [0.15, 0.2) is 17.2 Å². The highest BCUT2D eigenvalue weighted by molar-refractivity contribution is 6.10. The van der Waals surface area contributed by atoms with Crippen molar-refractivity contribution in [3.8, 4) is 12.1 Å². The molecule has 1 rings (SSSR count). The Bertz CT molecular complexity index is 590. The second-order valence-corrected chi connectivity index (χ2v) is 3.08. The summed E-state index contributed by atoms with van der Waals surface area (Å²) >= 11 is 0. The molecule has 1 aromatic rings. The zero-order valence-corrected chi connectivity index (χ0v) is 8.89. The minimum atomic E-state index is -5.22. The quantitative estimate of drug-likeness (QED) is 0.512. The molecule has 0 aliphatic carbocycles. The molecule has 0 aliphatic heterocycles. The molecule has 0 saturated heterocycles. The molecule has 0 saturated carbocycles. The van der Waals surface area contributed by atoms with Gasteiger partial charge in [0.1, 0.15) is 23.5 Å². The molecular formula is C10H3F5N4. The Morgan fingerprint density at radius 3 is 2.21 bits per heavy atom. The highest BCUT2D eigenvalue weighted by Crippen LogP contribution is 2.35. The highest BCUT2D eigenvalue weighted by atomic mass is 19.4. The number of alkyl halides is 3. The first-order chi connectivity index (χ1) is 8.81. The van der Waals surface area contributed by atoms with Gasteiger partial charge in [-0.15, -0.1) is 0 Å². The average molecular weight is 274 g/mol. The molecule has 98 valence electrons. The molecule has 0 fully saturated rings. The van der Waals surface area contributed by atoms with Gasteiger partial charge in [0.05, 0.1) is 5.69 Å². The van der Waals surface area contributed by atoms with Crippen molar-refractivity contribution in [3.63, 3.8) is 0 Å². The number of nitrogens with one attached hydrogen (secondary N) is 1. The number of rotatable bonds is 2. The van der Waals surface area contributed by atoms with Gasteiger partial charge in [-0.3, -0.25) is 5.43 Å². The average Bonchev–Trinajstić information content (AvgIpc) is 2.31. The van der Waals surface area contributed by atoms with Crippen molar-refractivity contribution in [2.45, 2.75) is 6.18 Å². The number of anilines is 1. The van der Waals surface area contributed by atoms with Gasteiger partial charge >= 0.3 is 6.18 Å². The second kappa shape index (κ2) is 5.31. The Hall–Kier alpha value is -2.68. The lowest BCUT2D eigenvalue weighted by atomic mass is 10.1. The molecule has 0 radical (unpaired) electrons. The summed E-state index contributed by atoms with van der Waals surface area (Å²) < 4.78 is 63.5. The Balaban J connectivity index is 3.24. The lowest BCUT2D eigenvalue weighted by Crippen LogP contribution is -2.13. The molecule has 0 atom stereocenters. The summed E-state index contributed by atoms with van der Waals surface area (Å²) in [4.78, 5) is 0. The van der Waals surface area contributed by atoms with Gasteiger partial charge in [-0.25, -0.2) is 8.78 Å². The lowest BCUT2D eigenvalue weighted by Gasteiger charge is -2.11. The van der Waals surface area contributed by atoms with E-state index in [0.29, 0.717) is 12.1 Å². The summed E-state index contributed by atoms with van der Waals surface area (Å²) in [5.74, 6) is -3.69. The minimum Gasteiger partial charge on any atom is -0.274 e. The zero-order valence-electron chi connectivity index (χ0n) is 8.89. The van der Waals surface area contributed by atoms with E-state index in [9.17, 15) is 22.0 Å². The van der Waals surface area contributed by atoms with E-state index < -0.39 is 34.8 Å². The summed E-state index contributed by atoms with van der Waals surface area (Å²) in [7, 11) is 0. The molecule has 0 aromatic heterocycles. The van der Waals surface area contributed by atoms with Crippen molar-refractivity contribution in [3.05, 3.63) is 29.3 Å². The predicted molar refractivity (Wildman–Crippen MR) is 53.6 cm³/mol. The maximum Gasteiger partial charge on any atom is 0.422 e. The molecule has 0 amide bonds. The first-order valence-electron chi connectivity index (χ1n) is 4.50. The van der Waals surface area contributed by atoms with E-state index in [4.69, 9.17) is 10.5 Å². The van der Waals surface area contributed by atoms with Crippen LogP contribution in [0.1, 0.15) is 5.56 Å². The molecule has 19 heavy (non-hydrogen) atoms. The number of benzene rings is 1. The number of nitrogens with zero attached hydrogens (tertiary/aromatic N) is 3. The van der Waals surface area contributed by atoms with Crippen molar-refractivity contribution < 1.29 is 22.0 Å². The van der Waals surface area contributed by atoms with E-state index in [1.54, 1.807) is 5.43 Å². The summed E-state index contributed by atoms with van der Waals surface area (Å²) in [6, 6.07) is 3.66. The molecule has 0 unspecified atom stereocenters. The van der Waals surface area contributed by atoms with E-state index >= 15 is 0 Å². The van der Waals surface area contributed by atoms with Crippen LogP contribution in [0.2, 0.25) is 0 Å². The maximum absolute atomic E-state index is 13.4. The Morgan fingerprint density at radius 2 is 1.74 bits per heavy atom. The van der Waals surface area contributed by atoms with Crippen molar-refractivity contribution in [2.75, 3.05) is 5.43 Å². The predicted octanol–water partition coefficient (Wildman–Crippen LogP) is 2.80. The van der Waals surface area contributed by atoms with E-state index in [0.717, 1.165) is 0 Å². The minimum absolute atomic E-state index is 0.391. The van der Waals surface area contributed by atoms with Crippen LogP contribution < -0.4 is 5.43 Å². The van der Waals surface area contributed by atoms with Crippen molar-refractivity contribution in [2.24, 2.45) is 5.10 Å². The molecule has 4 nitrogen and oxygen atoms in total. The molecule has 1 N–H and O–H groups in total. The van der Waals surface area contributed by atoms with Gasteiger partial charge in [0.25, 0.3) is 0 Å². The normalized spacial score (nSPS) is 10.3. The lowest BCUT2D eigenvalue weighted by molar-refractivity contribution is -0.142. The third kappa shape index (κ3) is 3.16. The zero-order chi connectivity index (χ0) is 14.6. The first-order valence-corrected chi connectivity index (χ1v) is 4.50. The molecular weight excluding hydrogens is 271 g/mol. The highest BCUT2D eigenvalue weighted by Gasteiger charge is 2.38. The SMILES string of the molecule is N#CC(C#N)=NNc1ccc(F)c(C(F)(F)F)c1F. The molecule has 1 aromatic carbocycles. The van der Waals surface area contributed by atoms with Crippen LogP contribution in [0.3, 0.4) is 0 Å². The Labute approximate surface area is 103 Å². The third-order valence-electron chi connectivity index (χ3n) is 1.87. The van der Waals surface area contributed by atoms with E-state index in [2.05, 4.69) is 5.10 Å². The van der Waals surface area contributed by atoms with E-state index in [-0.39, 0.29) is 0 Å². The molecule has 0 spiro atoms. The monoisotopic (exact) mass is 274 g/mol. The first kappa shape index (κ1) is 14.4. The van der Waals surface area contributed by atoms with E-state index in [1.807, 2.05) is 0 Å². The van der Waals surface area contributed by atoms with Gasteiger partial charge in [0.15, 0.2) is 5.82 Å². The summed E-state index contributed by atoms with van der Waals surface area (Å²) in [6.07, 6.45) is -5.22. The van der Waals surface area contributed by atoms with Crippen molar-refractivity contribution >= 4 is 11.4 Å². The van der Waals surface area contributed by atoms with E-state index in [1.165, 1.54) is 12.1 Å². The van der Waals surface area contributed by atoms with Crippen LogP contribution in [0.4, 0.5) is 27.6 Å². The summed E-state index contributed by atoms with van der Waals surface area (Å²) in [6.45, 7) is 0. The molecule has 0 heterocycles. The van der Waals surface area contributed by atoms with Crippen LogP contribution in [0, 0.1) is 34.3 Å². The Morgan fingerprint density at radius 1 is 1.16 bits per heavy atom. The van der Waals surface area contributed by atoms with Crippen molar-refractivity contribution in [1.82, 2.24) is 0 Å². The van der Waals surface area contributed by atoms with Gasteiger partial charge in [0, 0.05) is 0 Å². The fourth-order valence-corrected chi connectivity index (χ4v) is 1.09. The number of hydrogen-bond acceptors (Lipinski definition) is 4. The van der Waals surface area contributed by atoms with Gasteiger partial charge < -0.3 is 0 Å². The molecule has 9 heteroatoms. The summed E-state index contributed by atoms with van der Waals surface area (Å²) in [5, 5.41) is 19.7. The van der Waals surface area contributed by atoms with Gasteiger partial charge in [-0.1, -0.05) is 0 Å². The second-order valence-electron chi connectivity index (χ2n) is 3.08. The smallest absolute Gasteiger partial charge is 0.274 e. The van der Waals surface area contributed by atoms with Crippen LogP contribution in [0.25, 0.3) is 0 Å². The van der Waals surface area contributed by atoms with Gasteiger partial charge in [-0.05, 0) is 12.1 Å². The van der Waals surface area contributed by atoms with Gasteiger partial charge in [0.2, 0.25) is 5.71 Å². The standard InChI is InChI=1S/C10H3F5N4/c11-6-1-2-7(19-18-5(3-16)4-17)9(12)8(6)10(13,14)15/h1-2,19H. The van der Waals surface area contributed by atoms with Gasteiger partial charge in [-0.2, -0.15) is 28.8 Å². The van der Waals surface area contributed by atoms with Crippen LogP contribution in [0.5, 0.6) is 0 Å². The fraction of sp³-hybridized carbons (Fsp3) is 0.100. The summed E-state index contributed by atoms with van der Waals surface area (Å²) in [5.41, 5.74) is -1.86. The largest absolute Gasteiger partial charge is 0.422 e. The van der Waals surface area contributed by atoms with Crippen LogP contribution in [-0.4, -0.2) is 5.71 Å².